The summed E-state index contributed by atoms with van der Waals surface area (Å²) in [4.78, 5) is 23.3. The van der Waals surface area contributed by atoms with Crippen molar-refractivity contribution in [1.29, 1.82) is 0 Å². The van der Waals surface area contributed by atoms with Crippen molar-refractivity contribution < 1.29 is 4.79 Å². The van der Waals surface area contributed by atoms with Crippen molar-refractivity contribution in [2.24, 2.45) is 7.05 Å². The number of piperidine rings is 1. The largest absolute Gasteiger partial charge is 0.344 e. The highest BCUT2D eigenvalue weighted by atomic mass is 32.1. The van der Waals surface area contributed by atoms with Crippen LogP contribution in [0.1, 0.15) is 39.6 Å². The number of rotatable bonds is 4. The maximum absolute atomic E-state index is 12.8. The number of thiophene rings is 1. The lowest BCUT2D eigenvalue weighted by Gasteiger charge is -2.32. The Labute approximate surface area is 163 Å². The van der Waals surface area contributed by atoms with Crippen molar-refractivity contribution in [2.75, 3.05) is 27.2 Å². The molecule has 0 bridgehead atoms. The van der Waals surface area contributed by atoms with Crippen LogP contribution in [0.15, 0.2) is 30.7 Å². The van der Waals surface area contributed by atoms with Crippen LogP contribution in [0.4, 0.5) is 0 Å². The van der Waals surface area contributed by atoms with Gasteiger partial charge in [-0.3, -0.25) is 14.4 Å². The monoisotopic (exact) mass is 383 g/mol. The van der Waals surface area contributed by atoms with Crippen molar-refractivity contribution in [3.63, 3.8) is 0 Å². The first-order valence-electron chi connectivity index (χ1n) is 9.32. The van der Waals surface area contributed by atoms with E-state index in [1.54, 1.807) is 4.90 Å². The third kappa shape index (κ3) is 3.61. The molecule has 0 aromatic carbocycles. The zero-order chi connectivity index (χ0) is 19.0. The number of aryl methyl sites for hydroxylation is 1. The highest BCUT2D eigenvalue weighted by Crippen LogP contribution is 2.40. The summed E-state index contributed by atoms with van der Waals surface area (Å²) in [5.74, 6) is 0.498. The summed E-state index contributed by atoms with van der Waals surface area (Å²) in [6.45, 7) is 3.01. The maximum atomic E-state index is 12.8. The Kier molecular flexibility index (Phi) is 4.97. The van der Waals surface area contributed by atoms with E-state index in [4.69, 9.17) is 0 Å². The molecular formula is C20H25N5OS. The molecule has 0 aliphatic carbocycles. The van der Waals surface area contributed by atoms with E-state index in [-0.39, 0.29) is 5.91 Å². The molecule has 1 fully saturated rings. The fraction of sp³-hybridized carbons (Fsp3) is 0.450. The summed E-state index contributed by atoms with van der Waals surface area (Å²) in [5, 5.41) is 5.41. The zero-order valence-electron chi connectivity index (χ0n) is 16.1. The number of aromatic nitrogens is 3. The van der Waals surface area contributed by atoms with Gasteiger partial charge in [-0.15, -0.1) is 11.3 Å². The van der Waals surface area contributed by atoms with Crippen molar-refractivity contribution in [3.8, 4) is 0 Å². The Hall–Kier alpha value is -2.25. The molecule has 0 N–H and O–H groups in total. The summed E-state index contributed by atoms with van der Waals surface area (Å²) in [7, 11) is 5.59. The molecule has 3 aromatic rings. The van der Waals surface area contributed by atoms with Crippen LogP contribution in [0.3, 0.4) is 0 Å². The second kappa shape index (κ2) is 7.40. The minimum atomic E-state index is 0.0887. The van der Waals surface area contributed by atoms with Crippen LogP contribution in [0, 0.1) is 0 Å². The first kappa shape index (κ1) is 18.1. The van der Waals surface area contributed by atoms with Gasteiger partial charge in [0.2, 0.25) is 0 Å². The molecule has 6 nitrogen and oxygen atoms in total. The Morgan fingerprint density at radius 2 is 2.11 bits per heavy atom. The minimum absolute atomic E-state index is 0.0887. The van der Waals surface area contributed by atoms with Crippen LogP contribution in [-0.2, 0) is 13.6 Å². The molecule has 1 saturated heterocycles. The molecule has 4 rings (SSSR count). The summed E-state index contributed by atoms with van der Waals surface area (Å²) in [6.07, 6.45) is 7.96. The topological polar surface area (TPSA) is 54.3 Å². The van der Waals surface area contributed by atoms with E-state index in [0.717, 1.165) is 47.6 Å². The fourth-order valence-electron chi connectivity index (χ4n) is 3.91. The number of hydrogen-bond donors (Lipinski definition) is 0. The van der Waals surface area contributed by atoms with Crippen LogP contribution in [-0.4, -0.2) is 57.7 Å². The van der Waals surface area contributed by atoms with Crippen LogP contribution in [0.25, 0.3) is 10.2 Å². The van der Waals surface area contributed by atoms with Gasteiger partial charge in [-0.05, 0) is 43.5 Å². The van der Waals surface area contributed by atoms with Gasteiger partial charge >= 0.3 is 0 Å². The van der Waals surface area contributed by atoms with Crippen LogP contribution in [0.5, 0.6) is 0 Å². The molecule has 0 unspecified atom stereocenters. The third-order valence-electron chi connectivity index (χ3n) is 5.27. The van der Waals surface area contributed by atoms with E-state index in [9.17, 15) is 4.79 Å². The van der Waals surface area contributed by atoms with Gasteiger partial charge < -0.3 is 4.90 Å². The van der Waals surface area contributed by atoms with E-state index in [1.165, 1.54) is 22.5 Å². The second-order valence-electron chi connectivity index (χ2n) is 7.47. The van der Waals surface area contributed by atoms with Crippen LogP contribution >= 0.6 is 11.3 Å². The normalized spacial score (nSPS) is 16.1. The van der Waals surface area contributed by atoms with Gasteiger partial charge in [-0.1, -0.05) is 6.07 Å². The number of carbonyl (C=O) groups is 1. The van der Waals surface area contributed by atoms with Gasteiger partial charge in [0.1, 0.15) is 4.83 Å². The minimum Gasteiger partial charge on any atom is -0.344 e. The van der Waals surface area contributed by atoms with E-state index >= 15 is 0 Å². The smallest absolute Gasteiger partial charge is 0.263 e. The van der Waals surface area contributed by atoms with Crippen molar-refractivity contribution >= 4 is 27.5 Å². The summed E-state index contributed by atoms with van der Waals surface area (Å²) >= 11 is 1.53. The van der Waals surface area contributed by atoms with E-state index in [2.05, 4.69) is 27.2 Å². The first-order chi connectivity index (χ1) is 13.0. The number of nitrogens with zero attached hydrogens (tertiary/aromatic N) is 5. The number of hydrogen-bond acceptors (Lipinski definition) is 5. The Morgan fingerprint density at radius 3 is 2.78 bits per heavy atom. The van der Waals surface area contributed by atoms with Crippen molar-refractivity contribution in [2.45, 2.75) is 25.3 Å². The lowest BCUT2D eigenvalue weighted by molar-refractivity contribution is 0.0830. The molecule has 0 spiro atoms. The first-order valence-corrected chi connectivity index (χ1v) is 10.1. The molecule has 142 valence electrons. The van der Waals surface area contributed by atoms with E-state index in [1.807, 2.05) is 44.3 Å². The molecule has 27 heavy (non-hydrogen) atoms. The standard InChI is InChI=1S/C20H25N5OS/c1-23(2)20(26)18-17(16-5-4-8-21-19(16)27-18)15-6-9-25(10-7-15)13-14-11-22-24(3)12-14/h4-5,8,11-12,15H,6-7,9-10,13H2,1-3H3. The number of amides is 1. The predicted octanol–water partition coefficient (Wildman–Crippen LogP) is 3.11. The fourth-order valence-corrected chi connectivity index (χ4v) is 5.16. The van der Waals surface area contributed by atoms with Crippen LogP contribution in [0.2, 0.25) is 0 Å². The van der Waals surface area contributed by atoms with Crippen molar-refractivity contribution in [3.05, 3.63) is 46.7 Å². The molecule has 4 heterocycles. The average Bonchev–Trinajstić information content (AvgIpc) is 3.25. The number of pyridine rings is 1. The molecule has 1 aliphatic rings. The van der Waals surface area contributed by atoms with E-state index < -0.39 is 0 Å². The zero-order valence-corrected chi connectivity index (χ0v) is 16.9. The van der Waals surface area contributed by atoms with Crippen LogP contribution < -0.4 is 0 Å². The summed E-state index contributed by atoms with van der Waals surface area (Å²) in [6, 6.07) is 4.09. The van der Waals surface area contributed by atoms with Gasteiger partial charge in [0, 0.05) is 51.0 Å². The Morgan fingerprint density at radius 1 is 1.33 bits per heavy atom. The second-order valence-corrected chi connectivity index (χ2v) is 8.47. The van der Waals surface area contributed by atoms with E-state index in [0.29, 0.717) is 5.92 Å². The molecule has 3 aromatic heterocycles. The maximum Gasteiger partial charge on any atom is 0.263 e. The molecule has 1 amide bonds. The number of carbonyl (C=O) groups excluding carboxylic acids is 1. The van der Waals surface area contributed by atoms with Gasteiger partial charge in [0.25, 0.3) is 5.91 Å². The molecule has 0 radical (unpaired) electrons. The lowest BCUT2D eigenvalue weighted by atomic mass is 9.87. The third-order valence-corrected chi connectivity index (χ3v) is 6.38. The van der Waals surface area contributed by atoms with Gasteiger partial charge in [-0.2, -0.15) is 5.10 Å². The van der Waals surface area contributed by atoms with Crippen molar-refractivity contribution in [1.82, 2.24) is 24.6 Å². The lowest BCUT2D eigenvalue weighted by Crippen LogP contribution is -2.33. The van der Waals surface area contributed by atoms with Gasteiger partial charge in [0.05, 0.1) is 11.1 Å². The average molecular weight is 384 g/mol. The Bertz CT molecular complexity index is 952. The highest BCUT2D eigenvalue weighted by molar-refractivity contribution is 7.20. The molecular weight excluding hydrogens is 358 g/mol. The quantitative estimate of drug-likeness (QED) is 0.695. The highest BCUT2D eigenvalue weighted by Gasteiger charge is 2.29. The molecule has 1 aliphatic heterocycles. The molecule has 7 heteroatoms. The Balaban J connectivity index is 1.56. The van der Waals surface area contributed by atoms with Gasteiger partial charge in [-0.25, -0.2) is 4.98 Å². The molecule has 0 saturated carbocycles. The summed E-state index contributed by atoms with van der Waals surface area (Å²) < 4.78 is 1.85. The summed E-state index contributed by atoms with van der Waals surface area (Å²) in [5.41, 5.74) is 2.47. The van der Waals surface area contributed by atoms with Gasteiger partial charge in [0.15, 0.2) is 0 Å². The number of fused-ring (bicyclic) bond motifs is 1. The molecule has 0 atom stereocenters. The SMILES string of the molecule is CN(C)C(=O)c1sc2ncccc2c1C1CCN(Cc2cnn(C)c2)CC1. The number of likely N-dealkylation sites (tertiary alicyclic amines) is 1. The predicted molar refractivity (Wildman–Crippen MR) is 108 cm³/mol.